The van der Waals surface area contributed by atoms with Gasteiger partial charge in [0.05, 0.1) is 28.4 Å². The molecule has 0 unspecified atom stereocenters. The molecule has 3 aromatic rings. The van der Waals surface area contributed by atoms with E-state index in [1.807, 2.05) is 66.7 Å². The van der Waals surface area contributed by atoms with Crippen LogP contribution in [0.3, 0.4) is 0 Å². The van der Waals surface area contributed by atoms with Gasteiger partial charge in [0.2, 0.25) is 0 Å². The van der Waals surface area contributed by atoms with Crippen molar-refractivity contribution in [3.8, 4) is 34.5 Å². The molecular weight excluding hydrogens is 997 g/mol. The number of ether oxygens (including phenoxy) is 4. The predicted octanol–water partition coefficient (Wildman–Crippen LogP) is 18.3. The number of hydrogen-bond acceptors (Lipinski definition) is 9. The number of phenols is 2. The summed E-state index contributed by atoms with van der Waals surface area (Å²) in [6, 6.07) is 11.8. The molecule has 2 N–H and O–H groups in total. The first-order valence-electron chi connectivity index (χ1n) is 29.7. The van der Waals surface area contributed by atoms with Crippen LogP contribution in [0.5, 0.6) is 34.5 Å². The van der Waals surface area contributed by atoms with E-state index in [1.165, 1.54) is 145 Å². The second kappa shape index (κ2) is 19.9. The van der Waals surface area contributed by atoms with E-state index in [1.54, 1.807) is 21.3 Å². The molecule has 3 heterocycles. The molecule has 0 bridgehead atoms. The molecule has 6 saturated carbocycles. The van der Waals surface area contributed by atoms with Gasteiger partial charge < -0.3 is 29.2 Å². The number of thioether (sulfide) groups is 3. The summed E-state index contributed by atoms with van der Waals surface area (Å²) in [5, 5.41) is 20.2. The molecule has 6 fully saturated rings. The van der Waals surface area contributed by atoms with Crippen molar-refractivity contribution in [3.05, 3.63) is 53.1 Å². The minimum Gasteiger partial charge on any atom is -0.508 e. The van der Waals surface area contributed by atoms with E-state index in [9.17, 15) is 10.2 Å². The van der Waals surface area contributed by atoms with Gasteiger partial charge in [-0.15, -0.1) is 35.3 Å². The van der Waals surface area contributed by atoms with Crippen molar-refractivity contribution >= 4 is 35.3 Å². The fourth-order valence-electron chi connectivity index (χ4n) is 20.8. The standard InChI is InChI=1S/C23H34O2S.2C22H32O2S/c1-21(2)9-7-10-22(3)18(21)8-11-23(4)19(22)14-26-17-13-15(24-5)12-16(25-6)20(17)23;2*1-20(2)8-6-9-21(3)17(20)7-10-22(4)18(21)13-25-16-12-14(23)11-15(24-5)19(16)22/h12-13,18-19H,7-11,14H2,1-6H3;2*11-12,17-18,23H,6-10,13H2,1-5H3/t18-,19+,22-,23+;2*17-,18+,21-,22+/m000/s1. The molecule has 12 rings (SSSR count). The number of phenolic OH excluding ortho intramolecular Hbond substituents is 2. The van der Waals surface area contributed by atoms with Crippen molar-refractivity contribution in [2.75, 3.05) is 45.7 Å². The van der Waals surface area contributed by atoms with Crippen LogP contribution in [0.25, 0.3) is 0 Å². The Hall–Kier alpha value is -2.49. The Morgan fingerprint density at radius 2 is 0.671 bits per heavy atom. The molecule has 0 radical (unpaired) electrons. The molecule has 0 amide bonds. The molecule has 420 valence electrons. The highest BCUT2D eigenvalue weighted by Crippen LogP contribution is 2.72. The third kappa shape index (κ3) is 8.84. The summed E-state index contributed by atoms with van der Waals surface area (Å²) in [5.74, 6) is 12.4. The summed E-state index contributed by atoms with van der Waals surface area (Å²) in [6.07, 6.45) is 20.0. The van der Waals surface area contributed by atoms with Crippen LogP contribution >= 0.6 is 35.3 Å². The van der Waals surface area contributed by atoms with Crippen molar-refractivity contribution in [1.29, 1.82) is 0 Å². The first-order chi connectivity index (χ1) is 35.7. The number of rotatable bonds is 4. The summed E-state index contributed by atoms with van der Waals surface area (Å²) >= 11 is 5.89. The Morgan fingerprint density at radius 1 is 0.368 bits per heavy atom. The van der Waals surface area contributed by atoms with Gasteiger partial charge in [0.15, 0.2) is 0 Å². The summed E-state index contributed by atoms with van der Waals surface area (Å²) < 4.78 is 22.9. The monoisotopic (exact) mass is 1090 g/mol. The molecule has 0 spiro atoms. The normalized spacial score (nSPS) is 38.7. The van der Waals surface area contributed by atoms with E-state index in [4.69, 9.17) is 18.9 Å². The van der Waals surface area contributed by atoms with Crippen molar-refractivity contribution in [1.82, 2.24) is 0 Å². The molecule has 12 atom stereocenters. The van der Waals surface area contributed by atoms with Gasteiger partial charge in [-0.3, -0.25) is 0 Å². The molecular formula is C67H98O6S3. The highest BCUT2D eigenvalue weighted by Gasteiger charge is 2.64. The van der Waals surface area contributed by atoms with E-state index in [0.29, 0.717) is 61.7 Å². The average Bonchev–Trinajstić information content (AvgIpc) is 3.34. The molecule has 3 aromatic carbocycles. The van der Waals surface area contributed by atoms with Gasteiger partial charge in [0, 0.05) is 83.1 Å². The van der Waals surface area contributed by atoms with Crippen molar-refractivity contribution < 1.29 is 29.2 Å². The molecule has 6 nitrogen and oxygen atoms in total. The topological polar surface area (TPSA) is 77.4 Å². The Morgan fingerprint density at radius 3 is 0.974 bits per heavy atom. The Kier molecular flexibility index (Phi) is 14.9. The zero-order valence-corrected chi connectivity index (χ0v) is 52.4. The van der Waals surface area contributed by atoms with Crippen LogP contribution in [0.15, 0.2) is 51.1 Å². The second-order valence-corrected chi connectivity index (χ2v) is 32.6. The lowest BCUT2D eigenvalue weighted by molar-refractivity contribution is -0.0978. The van der Waals surface area contributed by atoms with Gasteiger partial charge in [-0.2, -0.15) is 0 Å². The van der Waals surface area contributed by atoms with E-state index < -0.39 is 0 Å². The summed E-state index contributed by atoms with van der Waals surface area (Å²) in [7, 11) is 7.03. The van der Waals surface area contributed by atoms with E-state index in [2.05, 4.69) is 95.2 Å². The third-order valence-electron chi connectivity index (χ3n) is 24.3. The van der Waals surface area contributed by atoms with Gasteiger partial charge >= 0.3 is 0 Å². The number of hydrogen-bond donors (Lipinski definition) is 2. The second-order valence-electron chi connectivity index (χ2n) is 29.4. The number of fused-ring (bicyclic) bond motifs is 15. The zero-order valence-electron chi connectivity index (χ0n) is 49.9. The maximum absolute atomic E-state index is 10.1. The maximum Gasteiger partial charge on any atom is 0.127 e. The van der Waals surface area contributed by atoms with Crippen LogP contribution in [0.1, 0.15) is 196 Å². The molecule has 76 heavy (non-hydrogen) atoms. The van der Waals surface area contributed by atoms with Crippen molar-refractivity contribution in [3.63, 3.8) is 0 Å². The smallest absolute Gasteiger partial charge is 0.127 e. The lowest BCUT2D eigenvalue weighted by atomic mass is 9.43. The fourth-order valence-corrected chi connectivity index (χ4v) is 26.2. The Labute approximate surface area is 473 Å². The first kappa shape index (κ1) is 56.8. The van der Waals surface area contributed by atoms with E-state index in [-0.39, 0.29) is 16.2 Å². The van der Waals surface area contributed by atoms with Crippen LogP contribution < -0.4 is 18.9 Å². The lowest BCUT2D eigenvalue weighted by Gasteiger charge is -2.64. The van der Waals surface area contributed by atoms with Crippen LogP contribution in [-0.4, -0.2) is 55.9 Å². The van der Waals surface area contributed by atoms with E-state index >= 15 is 0 Å². The molecule has 6 aliphatic carbocycles. The largest absolute Gasteiger partial charge is 0.508 e. The predicted molar refractivity (Wildman–Crippen MR) is 319 cm³/mol. The molecule has 9 heteroatoms. The first-order valence-corrected chi connectivity index (χ1v) is 32.6. The molecule has 3 aliphatic heterocycles. The Balaban J connectivity index is 0.000000130. The zero-order chi connectivity index (χ0) is 54.8. The van der Waals surface area contributed by atoms with Gasteiger partial charge in [-0.25, -0.2) is 0 Å². The molecule has 0 saturated heterocycles. The average molecular weight is 1100 g/mol. The number of methoxy groups -OCH3 is 4. The number of benzene rings is 3. The number of aromatic hydroxyl groups is 2. The third-order valence-corrected chi connectivity index (χ3v) is 27.7. The van der Waals surface area contributed by atoms with Gasteiger partial charge in [0.25, 0.3) is 0 Å². The summed E-state index contributed by atoms with van der Waals surface area (Å²) in [6.45, 7) is 30.3. The Bertz CT molecular complexity index is 2510. The molecule has 0 aromatic heterocycles. The SMILES string of the molecule is COc1cc(O)cc2c1[C@]1(C)CC[C@H]3C(C)(C)CCC[C@]3(C)[C@H]1CS2.COc1cc(O)cc2c1[C@]1(C)CC[C@H]3C(C)(C)CCC[C@]3(C)[C@H]1CS2.COc1cc(OC)c2c(c1)SC[C@@H]1[C@@]3(C)CCCC(C)(C)[C@@H]3CC[C@@]21C. The van der Waals surface area contributed by atoms with Crippen LogP contribution in [-0.2, 0) is 16.2 Å². The highest BCUT2D eigenvalue weighted by atomic mass is 32.2. The van der Waals surface area contributed by atoms with Gasteiger partial charge in [-0.05, 0) is 163 Å². The summed E-state index contributed by atoms with van der Waals surface area (Å²) in [5.41, 5.74) is 7.31. The van der Waals surface area contributed by atoms with Crippen LogP contribution in [0, 0.1) is 68.0 Å². The fraction of sp³-hybridized carbons (Fsp3) is 0.731. The van der Waals surface area contributed by atoms with Crippen molar-refractivity contribution in [2.45, 2.75) is 210 Å². The summed E-state index contributed by atoms with van der Waals surface area (Å²) in [4.78, 5) is 3.83. The van der Waals surface area contributed by atoms with Gasteiger partial charge in [-0.1, -0.05) is 102 Å². The van der Waals surface area contributed by atoms with Crippen LogP contribution in [0.4, 0.5) is 0 Å². The van der Waals surface area contributed by atoms with Crippen LogP contribution in [0.2, 0.25) is 0 Å². The highest BCUT2D eigenvalue weighted by molar-refractivity contribution is 7.99. The minimum atomic E-state index is 0.151. The van der Waals surface area contributed by atoms with Gasteiger partial charge in [0.1, 0.15) is 34.5 Å². The quantitative estimate of drug-likeness (QED) is 0.266. The van der Waals surface area contributed by atoms with E-state index in [0.717, 1.165) is 40.8 Å². The molecule has 9 aliphatic rings. The lowest BCUT2D eigenvalue weighted by Crippen LogP contribution is -2.58. The minimum absolute atomic E-state index is 0.151. The van der Waals surface area contributed by atoms with Crippen molar-refractivity contribution in [2.24, 2.45) is 68.0 Å². The maximum atomic E-state index is 10.1.